The fourth-order valence-electron chi connectivity index (χ4n) is 3.66. The summed E-state index contributed by atoms with van der Waals surface area (Å²) in [7, 11) is 0. The van der Waals surface area contributed by atoms with E-state index in [1.807, 2.05) is 18.3 Å². The number of para-hydroxylation sites is 1. The van der Waals surface area contributed by atoms with Gasteiger partial charge in [-0.15, -0.1) is 0 Å². The lowest BCUT2D eigenvalue weighted by Gasteiger charge is -2.34. The van der Waals surface area contributed by atoms with Gasteiger partial charge in [-0.1, -0.05) is 32.0 Å². The largest absolute Gasteiger partial charge is 0.299 e. The lowest BCUT2D eigenvalue weighted by atomic mass is 9.88. The van der Waals surface area contributed by atoms with Gasteiger partial charge in [-0.25, -0.2) is 0 Å². The van der Waals surface area contributed by atoms with Gasteiger partial charge in [-0.05, 0) is 42.9 Å². The maximum Gasteiger partial charge on any atom is 0.227 e. The first kappa shape index (κ1) is 15.3. The maximum atomic E-state index is 11.9. The second-order valence-corrected chi connectivity index (χ2v) is 6.94. The van der Waals surface area contributed by atoms with Gasteiger partial charge in [-0.2, -0.15) is 0 Å². The summed E-state index contributed by atoms with van der Waals surface area (Å²) in [6.07, 6.45) is 4.67. The van der Waals surface area contributed by atoms with Crippen LogP contribution >= 0.6 is 0 Å². The molecule has 1 aromatic heterocycles. The molecule has 3 rings (SSSR count). The molecule has 2 aromatic rings. The van der Waals surface area contributed by atoms with Crippen LogP contribution in [0.25, 0.3) is 10.9 Å². The van der Waals surface area contributed by atoms with E-state index in [0.717, 1.165) is 23.9 Å². The molecule has 1 aromatic carbocycles. The van der Waals surface area contributed by atoms with Crippen molar-refractivity contribution in [1.29, 1.82) is 0 Å². The molecule has 1 atom stereocenters. The Morgan fingerprint density at radius 2 is 2.09 bits per heavy atom. The molecule has 0 unspecified atom stereocenters. The van der Waals surface area contributed by atoms with Crippen LogP contribution in [0.4, 0.5) is 0 Å². The van der Waals surface area contributed by atoms with Crippen LogP contribution < -0.4 is 0 Å². The van der Waals surface area contributed by atoms with E-state index >= 15 is 0 Å². The second kappa shape index (κ2) is 6.25. The SMILES string of the molecule is CC(=O)n1cc(CN2CCC[C@@H](C(C)C)C2)c2ccccc21. The molecule has 0 N–H and O–H groups in total. The fourth-order valence-corrected chi connectivity index (χ4v) is 3.66. The molecule has 0 radical (unpaired) electrons. The van der Waals surface area contributed by atoms with Crippen molar-refractivity contribution in [2.75, 3.05) is 13.1 Å². The first-order chi connectivity index (χ1) is 10.6. The molecule has 1 saturated heterocycles. The number of nitrogens with zero attached hydrogens (tertiary/aromatic N) is 2. The van der Waals surface area contributed by atoms with E-state index in [4.69, 9.17) is 0 Å². The molecule has 3 heteroatoms. The number of benzene rings is 1. The zero-order chi connectivity index (χ0) is 15.7. The van der Waals surface area contributed by atoms with E-state index in [2.05, 4.69) is 30.9 Å². The Labute approximate surface area is 132 Å². The molecule has 0 spiro atoms. The first-order valence-electron chi connectivity index (χ1n) is 8.38. The number of piperidine rings is 1. The van der Waals surface area contributed by atoms with E-state index in [1.165, 1.54) is 36.9 Å². The van der Waals surface area contributed by atoms with Crippen molar-refractivity contribution in [2.24, 2.45) is 11.8 Å². The molecule has 2 heterocycles. The van der Waals surface area contributed by atoms with Gasteiger partial charge in [-0.3, -0.25) is 14.3 Å². The lowest BCUT2D eigenvalue weighted by molar-refractivity contribution is 0.0941. The zero-order valence-electron chi connectivity index (χ0n) is 13.9. The predicted octanol–water partition coefficient (Wildman–Crippen LogP) is 4.17. The van der Waals surface area contributed by atoms with Gasteiger partial charge in [0.05, 0.1) is 5.52 Å². The Balaban J connectivity index is 1.86. The summed E-state index contributed by atoms with van der Waals surface area (Å²) in [5.41, 5.74) is 2.30. The highest BCUT2D eigenvalue weighted by Crippen LogP contribution is 2.27. The van der Waals surface area contributed by atoms with Crippen LogP contribution in [0, 0.1) is 11.8 Å². The van der Waals surface area contributed by atoms with Crippen LogP contribution in [0.3, 0.4) is 0 Å². The Bertz CT molecular complexity index is 671. The average molecular weight is 298 g/mol. The highest BCUT2D eigenvalue weighted by molar-refractivity contribution is 5.93. The third-order valence-corrected chi connectivity index (χ3v) is 5.01. The van der Waals surface area contributed by atoms with Crippen LogP contribution in [0.15, 0.2) is 30.5 Å². The zero-order valence-corrected chi connectivity index (χ0v) is 13.9. The normalized spacial score (nSPS) is 19.9. The number of likely N-dealkylation sites (tertiary alicyclic amines) is 1. The van der Waals surface area contributed by atoms with Crippen LogP contribution in [0.5, 0.6) is 0 Å². The Morgan fingerprint density at radius 1 is 1.32 bits per heavy atom. The predicted molar refractivity (Wildman–Crippen MR) is 91.1 cm³/mol. The molecule has 22 heavy (non-hydrogen) atoms. The maximum absolute atomic E-state index is 11.9. The molecule has 0 saturated carbocycles. The average Bonchev–Trinajstić information content (AvgIpc) is 2.87. The van der Waals surface area contributed by atoms with Crippen LogP contribution in [0.2, 0.25) is 0 Å². The number of hydrogen-bond acceptors (Lipinski definition) is 2. The number of fused-ring (bicyclic) bond motifs is 1. The fraction of sp³-hybridized carbons (Fsp3) is 0.526. The van der Waals surface area contributed by atoms with E-state index in [9.17, 15) is 4.79 Å². The topological polar surface area (TPSA) is 25.2 Å². The number of carbonyl (C=O) groups is 1. The Morgan fingerprint density at radius 3 is 2.82 bits per heavy atom. The summed E-state index contributed by atoms with van der Waals surface area (Å²) >= 11 is 0. The molecule has 1 aliphatic rings. The Hall–Kier alpha value is -1.61. The molecule has 0 aliphatic carbocycles. The monoisotopic (exact) mass is 298 g/mol. The minimum Gasteiger partial charge on any atom is -0.299 e. The van der Waals surface area contributed by atoms with Crippen LogP contribution in [-0.2, 0) is 6.54 Å². The van der Waals surface area contributed by atoms with Crippen molar-refractivity contribution in [3.05, 3.63) is 36.0 Å². The smallest absolute Gasteiger partial charge is 0.227 e. The second-order valence-electron chi connectivity index (χ2n) is 6.94. The number of aromatic nitrogens is 1. The third kappa shape index (κ3) is 2.95. The molecule has 3 nitrogen and oxygen atoms in total. The van der Waals surface area contributed by atoms with E-state index in [1.54, 1.807) is 11.5 Å². The van der Waals surface area contributed by atoms with Gasteiger partial charge in [0.2, 0.25) is 5.91 Å². The summed E-state index contributed by atoms with van der Waals surface area (Å²) in [4.78, 5) is 14.4. The van der Waals surface area contributed by atoms with Gasteiger partial charge >= 0.3 is 0 Å². The third-order valence-electron chi connectivity index (χ3n) is 5.01. The van der Waals surface area contributed by atoms with Gasteiger partial charge in [0.15, 0.2) is 0 Å². The number of rotatable bonds is 3. The number of carbonyl (C=O) groups excluding carboxylic acids is 1. The lowest BCUT2D eigenvalue weighted by Crippen LogP contribution is -2.36. The summed E-state index contributed by atoms with van der Waals surface area (Å²) in [5, 5.41) is 1.21. The van der Waals surface area contributed by atoms with Crippen molar-refractivity contribution < 1.29 is 4.79 Å². The van der Waals surface area contributed by atoms with E-state index in [0.29, 0.717) is 0 Å². The summed E-state index contributed by atoms with van der Waals surface area (Å²) in [6.45, 7) is 9.58. The molecule has 118 valence electrons. The summed E-state index contributed by atoms with van der Waals surface area (Å²) in [6, 6.07) is 8.23. The summed E-state index contributed by atoms with van der Waals surface area (Å²) in [5.74, 6) is 1.64. The van der Waals surface area contributed by atoms with E-state index < -0.39 is 0 Å². The molecule has 1 fully saturated rings. The molecular weight excluding hydrogens is 272 g/mol. The van der Waals surface area contributed by atoms with Gasteiger partial charge in [0.25, 0.3) is 0 Å². The standard InChI is InChI=1S/C19H26N2O/c1-14(2)16-7-6-10-20(11-16)12-17-13-21(15(3)22)19-9-5-4-8-18(17)19/h4-5,8-9,13-14,16H,6-7,10-12H2,1-3H3/t16-/m1/s1. The van der Waals surface area contributed by atoms with Gasteiger partial charge < -0.3 is 0 Å². The van der Waals surface area contributed by atoms with E-state index in [-0.39, 0.29) is 5.91 Å². The van der Waals surface area contributed by atoms with Crippen molar-refractivity contribution in [3.8, 4) is 0 Å². The molecule has 0 bridgehead atoms. The molecule has 0 amide bonds. The highest BCUT2D eigenvalue weighted by atomic mass is 16.1. The minimum absolute atomic E-state index is 0.0844. The summed E-state index contributed by atoms with van der Waals surface area (Å²) < 4.78 is 1.79. The van der Waals surface area contributed by atoms with Crippen molar-refractivity contribution in [2.45, 2.75) is 40.2 Å². The highest BCUT2D eigenvalue weighted by Gasteiger charge is 2.23. The Kier molecular flexibility index (Phi) is 4.34. The minimum atomic E-state index is 0.0844. The van der Waals surface area contributed by atoms with Crippen molar-refractivity contribution in [1.82, 2.24) is 9.47 Å². The van der Waals surface area contributed by atoms with Gasteiger partial charge in [0.1, 0.15) is 0 Å². The van der Waals surface area contributed by atoms with Crippen molar-refractivity contribution in [3.63, 3.8) is 0 Å². The van der Waals surface area contributed by atoms with Gasteiger partial charge in [0, 0.05) is 31.6 Å². The molecular formula is C19H26N2O. The van der Waals surface area contributed by atoms with Crippen LogP contribution in [0.1, 0.15) is 44.0 Å². The first-order valence-corrected chi connectivity index (χ1v) is 8.38. The number of hydrogen-bond donors (Lipinski definition) is 0. The van der Waals surface area contributed by atoms with Crippen LogP contribution in [-0.4, -0.2) is 28.5 Å². The van der Waals surface area contributed by atoms with Crippen molar-refractivity contribution >= 4 is 16.8 Å². The molecule has 1 aliphatic heterocycles. The quantitative estimate of drug-likeness (QED) is 0.849.